The van der Waals surface area contributed by atoms with Gasteiger partial charge in [0.05, 0.1) is 18.1 Å². The highest BCUT2D eigenvalue weighted by Gasteiger charge is 2.05. The standard InChI is InChI=1S/C16H18N4O3/c1-2-14-17-9-13(10-18-14)20-16(23)19-12-5-3-4-11(8-12)6-7-15(21)22/h3-5,8-10H,2,6-7H2,1H3,(H,21,22)(H2,19,20,23). The summed E-state index contributed by atoms with van der Waals surface area (Å²) in [4.78, 5) is 30.7. The predicted octanol–water partition coefficient (Wildman–Crippen LogP) is 2.70. The Bertz CT molecular complexity index is 686. The van der Waals surface area contributed by atoms with Gasteiger partial charge in [-0.3, -0.25) is 4.79 Å². The van der Waals surface area contributed by atoms with Gasteiger partial charge in [0.2, 0.25) is 0 Å². The van der Waals surface area contributed by atoms with E-state index in [4.69, 9.17) is 5.11 Å². The van der Waals surface area contributed by atoms with Crippen molar-refractivity contribution in [3.05, 3.63) is 48.0 Å². The number of hydrogen-bond donors (Lipinski definition) is 3. The van der Waals surface area contributed by atoms with Crippen molar-refractivity contribution in [1.29, 1.82) is 0 Å². The van der Waals surface area contributed by atoms with E-state index in [0.29, 0.717) is 23.6 Å². The predicted molar refractivity (Wildman–Crippen MR) is 86.5 cm³/mol. The zero-order chi connectivity index (χ0) is 16.7. The summed E-state index contributed by atoms with van der Waals surface area (Å²) in [6.07, 6.45) is 4.30. The fraction of sp³-hybridized carbons (Fsp3) is 0.250. The molecule has 23 heavy (non-hydrogen) atoms. The summed E-state index contributed by atoms with van der Waals surface area (Å²) in [5, 5.41) is 14.0. The number of urea groups is 1. The molecule has 7 heteroatoms. The fourth-order valence-electron chi connectivity index (χ4n) is 1.95. The van der Waals surface area contributed by atoms with Crippen LogP contribution in [0, 0.1) is 0 Å². The Morgan fingerprint density at radius 3 is 2.48 bits per heavy atom. The summed E-state index contributed by atoms with van der Waals surface area (Å²) in [5.74, 6) is -0.140. The number of nitrogens with zero attached hydrogens (tertiary/aromatic N) is 2. The summed E-state index contributed by atoms with van der Waals surface area (Å²) in [5.41, 5.74) is 1.94. The average Bonchev–Trinajstić information content (AvgIpc) is 2.54. The summed E-state index contributed by atoms with van der Waals surface area (Å²) < 4.78 is 0. The number of carboxylic acid groups (broad SMARTS) is 1. The van der Waals surface area contributed by atoms with Crippen molar-refractivity contribution in [3.63, 3.8) is 0 Å². The lowest BCUT2D eigenvalue weighted by atomic mass is 10.1. The molecule has 0 atom stereocenters. The molecule has 0 bridgehead atoms. The molecular formula is C16H18N4O3. The number of nitrogens with one attached hydrogen (secondary N) is 2. The smallest absolute Gasteiger partial charge is 0.323 e. The fourth-order valence-corrected chi connectivity index (χ4v) is 1.95. The maximum atomic E-state index is 11.9. The van der Waals surface area contributed by atoms with Crippen molar-refractivity contribution in [2.75, 3.05) is 10.6 Å². The lowest BCUT2D eigenvalue weighted by Gasteiger charge is -2.08. The molecule has 0 aliphatic heterocycles. The van der Waals surface area contributed by atoms with Crippen LogP contribution in [0.5, 0.6) is 0 Å². The van der Waals surface area contributed by atoms with Crippen LogP contribution >= 0.6 is 0 Å². The second-order valence-electron chi connectivity index (χ2n) is 4.91. The number of aromatic nitrogens is 2. The van der Waals surface area contributed by atoms with Crippen LogP contribution in [0.2, 0.25) is 0 Å². The first kappa shape index (κ1) is 16.4. The highest BCUT2D eigenvalue weighted by atomic mass is 16.4. The third kappa shape index (κ3) is 5.39. The minimum absolute atomic E-state index is 0.0523. The first-order valence-corrected chi connectivity index (χ1v) is 7.26. The average molecular weight is 314 g/mol. The molecule has 1 aromatic carbocycles. The van der Waals surface area contributed by atoms with Crippen molar-refractivity contribution in [1.82, 2.24) is 9.97 Å². The molecule has 0 aliphatic rings. The Morgan fingerprint density at radius 1 is 1.13 bits per heavy atom. The number of benzene rings is 1. The van der Waals surface area contributed by atoms with Gasteiger partial charge < -0.3 is 15.7 Å². The molecule has 1 heterocycles. The number of carbonyl (C=O) groups is 2. The monoisotopic (exact) mass is 314 g/mol. The molecule has 0 unspecified atom stereocenters. The number of aliphatic carboxylic acids is 1. The van der Waals surface area contributed by atoms with Gasteiger partial charge in [0, 0.05) is 18.5 Å². The quantitative estimate of drug-likeness (QED) is 0.760. The Labute approximate surface area is 133 Å². The normalized spacial score (nSPS) is 10.1. The van der Waals surface area contributed by atoms with E-state index in [1.165, 1.54) is 0 Å². The van der Waals surface area contributed by atoms with Crippen LogP contribution in [-0.4, -0.2) is 27.1 Å². The molecule has 0 saturated carbocycles. The number of anilines is 2. The summed E-state index contributed by atoms with van der Waals surface area (Å²) >= 11 is 0. The van der Waals surface area contributed by atoms with Gasteiger partial charge in [0.1, 0.15) is 5.82 Å². The zero-order valence-corrected chi connectivity index (χ0v) is 12.7. The maximum Gasteiger partial charge on any atom is 0.323 e. The number of amides is 2. The molecule has 0 radical (unpaired) electrons. The van der Waals surface area contributed by atoms with E-state index in [1.807, 2.05) is 13.0 Å². The molecule has 0 saturated heterocycles. The van der Waals surface area contributed by atoms with Crippen molar-refractivity contribution < 1.29 is 14.7 Å². The van der Waals surface area contributed by atoms with E-state index in [0.717, 1.165) is 12.0 Å². The van der Waals surface area contributed by atoms with Gasteiger partial charge in [-0.15, -0.1) is 0 Å². The van der Waals surface area contributed by atoms with Crippen LogP contribution in [0.4, 0.5) is 16.2 Å². The maximum absolute atomic E-state index is 11.9. The molecule has 1 aromatic heterocycles. The van der Waals surface area contributed by atoms with Crippen LogP contribution in [0.25, 0.3) is 0 Å². The molecule has 0 spiro atoms. The van der Waals surface area contributed by atoms with Gasteiger partial charge >= 0.3 is 12.0 Å². The number of carbonyl (C=O) groups excluding carboxylic acids is 1. The number of hydrogen-bond acceptors (Lipinski definition) is 4. The van der Waals surface area contributed by atoms with E-state index in [9.17, 15) is 9.59 Å². The summed E-state index contributed by atoms with van der Waals surface area (Å²) in [6, 6.07) is 6.67. The SMILES string of the molecule is CCc1ncc(NC(=O)Nc2cccc(CCC(=O)O)c2)cn1. The zero-order valence-electron chi connectivity index (χ0n) is 12.7. The number of aryl methyl sites for hydroxylation is 2. The Kier molecular flexibility index (Phi) is 5.62. The molecule has 2 amide bonds. The van der Waals surface area contributed by atoms with Gasteiger partial charge in [-0.1, -0.05) is 19.1 Å². The second-order valence-corrected chi connectivity index (χ2v) is 4.91. The molecule has 2 rings (SSSR count). The topological polar surface area (TPSA) is 104 Å². The Balaban J connectivity index is 1.93. The van der Waals surface area contributed by atoms with Gasteiger partial charge in [-0.05, 0) is 24.1 Å². The first-order chi connectivity index (χ1) is 11.1. The first-order valence-electron chi connectivity index (χ1n) is 7.26. The number of carboxylic acids is 1. The van der Waals surface area contributed by atoms with Crippen molar-refractivity contribution in [2.24, 2.45) is 0 Å². The molecule has 120 valence electrons. The number of rotatable bonds is 6. The minimum atomic E-state index is -0.850. The highest BCUT2D eigenvalue weighted by molar-refractivity contribution is 5.99. The highest BCUT2D eigenvalue weighted by Crippen LogP contribution is 2.13. The molecular weight excluding hydrogens is 296 g/mol. The molecule has 0 aliphatic carbocycles. The van der Waals surface area contributed by atoms with Gasteiger partial charge in [0.15, 0.2) is 0 Å². The molecule has 7 nitrogen and oxygen atoms in total. The second kappa shape index (κ2) is 7.88. The van der Waals surface area contributed by atoms with E-state index in [2.05, 4.69) is 20.6 Å². The lowest BCUT2D eigenvalue weighted by Crippen LogP contribution is -2.19. The van der Waals surface area contributed by atoms with Crippen LogP contribution in [-0.2, 0) is 17.6 Å². The van der Waals surface area contributed by atoms with Crippen LogP contribution < -0.4 is 10.6 Å². The summed E-state index contributed by atoms with van der Waals surface area (Å²) in [6.45, 7) is 1.95. The third-order valence-corrected chi connectivity index (χ3v) is 3.09. The van der Waals surface area contributed by atoms with Crippen molar-refractivity contribution >= 4 is 23.4 Å². The van der Waals surface area contributed by atoms with Crippen LogP contribution in [0.15, 0.2) is 36.7 Å². The minimum Gasteiger partial charge on any atom is -0.481 e. The lowest BCUT2D eigenvalue weighted by molar-refractivity contribution is -0.136. The van der Waals surface area contributed by atoms with Crippen molar-refractivity contribution in [2.45, 2.75) is 26.2 Å². The van der Waals surface area contributed by atoms with E-state index < -0.39 is 12.0 Å². The van der Waals surface area contributed by atoms with E-state index in [1.54, 1.807) is 30.6 Å². The van der Waals surface area contributed by atoms with Gasteiger partial charge in [0.25, 0.3) is 0 Å². The van der Waals surface area contributed by atoms with Gasteiger partial charge in [-0.25, -0.2) is 14.8 Å². The summed E-state index contributed by atoms with van der Waals surface area (Å²) in [7, 11) is 0. The molecule has 3 N–H and O–H groups in total. The van der Waals surface area contributed by atoms with Gasteiger partial charge in [-0.2, -0.15) is 0 Å². The molecule has 0 fully saturated rings. The van der Waals surface area contributed by atoms with E-state index >= 15 is 0 Å². The van der Waals surface area contributed by atoms with Crippen LogP contribution in [0.1, 0.15) is 24.7 Å². The Morgan fingerprint density at radius 2 is 1.83 bits per heavy atom. The largest absolute Gasteiger partial charge is 0.481 e. The molecule has 2 aromatic rings. The van der Waals surface area contributed by atoms with Crippen LogP contribution in [0.3, 0.4) is 0 Å². The van der Waals surface area contributed by atoms with E-state index in [-0.39, 0.29) is 6.42 Å². The van der Waals surface area contributed by atoms with Crippen molar-refractivity contribution in [3.8, 4) is 0 Å². The Hall–Kier alpha value is -2.96. The third-order valence-electron chi connectivity index (χ3n) is 3.09.